The van der Waals surface area contributed by atoms with Gasteiger partial charge in [-0.05, 0) is 29.7 Å². The Hall–Kier alpha value is -1.96. The summed E-state index contributed by atoms with van der Waals surface area (Å²) in [5.74, 6) is 0.0318. The van der Waals surface area contributed by atoms with Crippen LogP contribution in [0.15, 0.2) is 48.8 Å². The summed E-state index contributed by atoms with van der Waals surface area (Å²) in [7, 11) is 0. The van der Waals surface area contributed by atoms with Gasteiger partial charge in [-0.3, -0.25) is 9.78 Å². The topological polar surface area (TPSA) is 30.0 Å². The molecule has 1 aromatic carbocycles. The van der Waals surface area contributed by atoms with Gasteiger partial charge >= 0.3 is 0 Å². The molecule has 2 heteroatoms. The van der Waals surface area contributed by atoms with Gasteiger partial charge in [-0.15, -0.1) is 0 Å². The smallest absolute Gasteiger partial charge is 0.170 e. The first-order valence-corrected chi connectivity index (χ1v) is 6.25. The Morgan fingerprint density at radius 2 is 1.72 bits per heavy atom. The van der Waals surface area contributed by atoms with Gasteiger partial charge in [0.15, 0.2) is 5.78 Å². The maximum Gasteiger partial charge on any atom is 0.170 e. The summed E-state index contributed by atoms with van der Waals surface area (Å²) in [6, 6.07) is 11.7. The molecule has 92 valence electrons. The molecule has 0 aliphatic heterocycles. The van der Waals surface area contributed by atoms with Gasteiger partial charge in [0.1, 0.15) is 0 Å². The number of aryl methyl sites for hydroxylation is 1. The summed E-state index contributed by atoms with van der Waals surface area (Å²) in [4.78, 5) is 16.3. The Balaban J connectivity index is 2.20. The van der Waals surface area contributed by atoms with Crippen LogP contribution in [0, 0.1) is 0 Å². The van der Waals surface area contributed by atoms with Crippen LogP contribution >= 0.6 is 0 Å². The predicted octanol–water partition coefficient (Wildman–Crippen LogP) is 3.63. The van der Waals surface area contributed by atoms with Crippen LogP contribution < -0.4 is 0 Å². The zero-order valence-electron chi connectivity index (χ0n) is 10.8. The van der Waals surface area contributed by atoms with Crippen LogP contribution in [0.4, 0.5) is 0 Å². The van der Waals surface area contributed by atoms with Crippen molar-refractivity contribution in [3.63, 3.8) is 0 Å². The fraction of sp³-hybridized carbons (Fsp3) is 0.250. The highest BCUT2D eigenvalue weighted by Crippen LogP contribution is 2.20. The molecule has 1 atom stereocenters. The predicted molar refractivity (Wildman–Crippen MR) is 72.8 cm³/mol. The SMILES string of the molecule is CCc1ccc(C(=O)C(C)c2ccncc2)cc1. The van der Waals surface area contributed by atoms with E-state index in [9.17, 15) is 4.79 Å². The van der Waals surface area contributed by atoms with E-state index in [4.69, 9.17) is 0 Å². The number of ketones is 1. The minimum absolute atomic E-state index is 0.125. The number of Topliss-reactive ketones (excluding diaryl/α,β-unsaturated/α-hetero) is 1. The average molecular weight is 239 g/mol. The van der Waals surface area contributed by atoms with Crippen LogP contribution in [0.5, 0.6) is 0 Å². The van der Waals surface area contributed by atoms with E-state index in [2.05, 4.69) is 11.9 Å². The molecule has 0 saturated carbocycles. The number of carbonyl (C=O) groups excluding carboxylic acids is 1. The molecule has 0 spiro atoms. The van der Waals surface area contributed by atoms with E-state index in [0.717, 1.165) is 17.5 Å². The number of pyridine rings is 1. The van der Waals surface area contributed by atoms with Gasteiger partial charge < -0.3 is 0 Å². The standard InChI is InChI=1S/C16H17NO/c1-3-13-4-6-15(7-5-13)16(18)12(2)14-8-10-17-11-9-14/h4-12H,3H2,1-2H3. The van der Waals surface area contributed by atoms with Crippen molar-refractivity contribution in [3.8, 4) is 0 Å². The first-order valence-electron chi connectivity index (χ1n) is 6.25. The lowest BCUT2D eigenvalue weighted by molar-refractivity contribution is 0.0966. The number of nitrogens with zero attached hydrogens (tertiary/aromatic N) is 1. The summed E-state index contributed by atoms with van der Waals surface area (Å²) in [6.07, 6.45) is 4.44. The van der Waals surface area contributed by atoms with Crippen LogP contribution in [-0.4, -0.2) is 10.8 Å². The molecular formula is C16H17NO. The van der Waals surface area contributed by atoms with Crippen molar-refractivity contribution in [1.82, 2.24) is 4.98 Å². The molecule has 0 aliphatic carbocycles. The quantitative estimate of drug-likeness (QED) is 0.762. The van der Waals surface area contributed by atoms with Crippen LogP contribution in [0.1, 0.15) is 41.3 Å². The maximum absolute atomic E-state index is 12.3. The van der Waals surface area contributed by atoms with Gasteiger partial charge in [-0.1, -0.05) is 38.1 Å². The zero-order chi connectivity index (χ0) is 13.0. The van der Waals surface area contributed by atoms with E-state index in [1.165, 1.54) is 5.56 Å². The number of hydrogen-bond acceptors (Lipinski definition) is 2. The minimum Gasteiger partial charge on any atom is -0.294 e. The van der Waals surface area contributed by atoms with E-state index in [-0.39, 0.29) is 11.7 Å². The number of benzene rings is 1. The van der Waals surface area contributed by atoms with E-state index in [0.29, 0.717) is 0 Å². The molecule has 18 heavy (non-hydrogen) atoms. The number of hydrogen-bond donors (Lipinski definition) is 0. The lowest BCUT2D eigenvalue weighted by atomic mass is 9.92. The Morgan fingerprint density at radius 3 is 2.28 bits per heavy atom. The van der Waals surface area contributed by atoms with Crippen LogP contribution in [0.3, 0.4) is 0 Å². The Kier molecular flexibility index (Phi) is 3.88. The molecular weight excluding hydrogens is 222 g/mol. The van der Waals surface area contributed by atoms with Gasteiger partial charge in [-0.2, -0.15) is 0 Å². The van der Waals surface area contributed by atoms with Gasteiger partial charge in [0, 0.05) is 23.9 Å². The Morgan fingerprint density at radius 1 is 1.11 bits per heavy atom. The van der Waals surface area contributed by atoms with Crippen molar-refractivity contribution in [2.45, 2.75) is 26.2 Å². The first kappa shape index (κ1) is 12.5. The third-order valence-electron chi connectivity index (χ3n) is 3.25. The highest BCUT2D eigenvalue weighted by molar-refractivity contribution is 6.00. The summed E-state index contributed by atoms with van der Waals surface area (Å²) >= 11 is 0. The summed E-state index contributed by atoms with van der Waals surface area (Å²) < 4.78 is 0. The van der Waals surface area contributed by atoms with E-state index in [1.807, 2.05) is 43.3 Å². The van der Waals surface area contributed by atoms with Crippen LogP contribution in [0.2, 0.25) is 0 Å². The minimum atomic E-state index is -0.125. The fourth-order valence-electron chi connectivity index (χ4n) is 1.96. The van der Waals surface area contributed by atoms with Gasteiger partial charge in [0.2, 0.25) is 0 Å². The maximum atomic E-state index is 12.3. The molecule has 2 aromatic rings. The third-order valence-corrected chi connectivity index (χ3v) is 3.25. The van der Waals surface area contributed by atoms with E-state index in [1.54, 1.807) is 12.4 Å². The highest BCUT2D eigenvalue weighted by atomic mass is 16.1. The van der Waals surface area contributed by atoms with E-state index >= 15 is 0 Å². The fourth-order valence-corrected chi connectivity index (χ4v) is 1.96. The van der Waals surface area contributed by atoms with Gasteiger partial charge in [0.25, 0.3) is 0 Å². The second-order valence-electron chi connectivity index (χ2n) is 4.42. The Labute approximate surface area is 108 Å². The molecule has 0 saturated heterocycles. The molecule has 1 unspecified atom stereocenters. The molecule has 0 fully saturated rings. The molecule has 2 nitrogen and oxygen atoms in total. The average Bonchev–Trinajstić information content (AvgIpc) is 2.47. The molecule has 1 aromatic heterocycles. The van der Waals surface area contributed by atoms with Gasteiger partial charge in [0.05, 0.1) is 0 Å². The van der Waals surface area contributed by atoms with Crippen molar-refractivity contribution in [1.29, 1.82) is 0 Å². The molecule has 0 N–H and O–H groups in total. The highest BCUT2D eigenvalue weighted by Gasteiger charge is 2.16. The number of aromatic nitrogens is 1. The molecule has 0 amide bonds. The summed E-state index contributed by atoms with van der Waals surface area (Å²) in [5, 5.41) is 0. The Bertz CT molecular complexity index is 517. The van der Waals surface area contributed by atoms with Crippen LogP contribution in [-0.2, 0) is 6.42 Å². The van der Waals surface area contributed by atoms with Crippen molar-refractivity contribution in [2.24, 2.45) is 0 Å². The monoisotopic (exact) mass is 239 g/mol. The van der Waals surface area contributed by atoms with Crippen molar-refractivity contribution in [3.05, 3.63) is 65.5 Å². The molecule has 1 heterocycles. The first-order chi connectivity index (χ1) is 8.72. The largest absolute Gasteiger partial charge is 0.294 e. The number of rotatable bonds is 4. The van der Waals surface area contributed by atoms with Crippen molar-refractivity contribution >= 4 is 5.78 Å². The molecule has 2 rings (SSSR count). The second-order valence-corrected chi connectivity index (χ2v) is 4.42. The number of carbonyl (C=O) groups is 1. The normalized spacial score (nSPS) is 12.1. The van der Waals surface area contributed by atoms with Crippen molar-refractivity contribution < 1.29 is 4.79 Å². The lowest BCUT2D eigenvalue weighted by Crippen LogP contribution is -2.09. The second kappa shape index (κ2) is 5.58. The molecule has 0 radical (unpaired) electrons. The third kappa shape index (κ3) is 2.65. The lowest BCUT2D eigenvalue weighted by Gasteiger charge is -2.10. The molecule has 0 bridgehead atoms. The van der Waals surface area contributed by atoms with Crippen LogP contribution in [0.25, 0.3) is 0 Å². The van der Waals surface area contributed by atoms with Crippen molar-refractivity contribution in [2.75, 3.05) is 0 Å². The molecule has 0 aliphatic rings. The zero-order valence-corrected chi connectivity index (χ0v) is 10.8. The summed E-state index contributed by atoms with van der Waals surface area (Å²) in [5.41, 5.74) is 3.04. The van der Waals surface area contributed by atoms with Gasteiger partial charge in [-0.25, -0.2) is 0 Å². The summed E-state index contributed by atoms with van der Waals surface area (Å²) in [6.45, 7) is 4.04. The van der Waals surface area contributed by atoms with E-state index < -0.39 is 0 Å².